The molecule has 0 radical (unpaired) electrons. The summed E-state index contributed by atoms with van der Waals surface area (Å²) in [6.07, 6.45) is 2.17. The summed E-state index contributed by atoms with van der Waals surface area (Å²) in [5, 5.41) is 0.834. The number of anilines is 1. The molecule has 0 unspecified atom stereocenters. The van der Waals surface area contributed by atoms with Gasteiger partial charge in [-0.15, -0.1) is 0 Å². The van der Waals surface area contributed by atoms with Gasteiger partial charge in [-0.1, -0.05) is 17.7 Å². The molecule has 0 amide bonds. The summed E-state index contributed by atoms with van der Waals surface area (Å²) in [7, 11) is 0. The normalized spacial score (nSPS) is 17.2. The van der Waals surface area contributed by atoms with Crippen molar-refractivity contribution < 1.29 is 0 Å². The van der Waals surface area contributed by atoms with Crippen LogP contribution < -0.4 is 4.90 Å². The van der Waals surface area contributed by atoms with Gasteiger partial charge >= 0.3 is 0 Å². The smallest absolute Gasteiger partial charge is 0.0426 e. The van der Waals surface area contributed by atoms with Crippen LogP contribution in [0.4, 0.5) is 5.69 Å². The predicted octanol–water partition coefficient (Wildman–Crippen LogP) is 3.13. The van der Waals surface area contributed by atoms with Gasteiger partial charge in [-0.05, 0) is 30.9 Å². The van der Waals surface area contributed by atoms with Crippen molar-refractivity contribution in [3.8, 4) is 0 Å². The molecule has 0 aliphatic carbocycles. The fourth-order valence-electron chi connectivity index (χ4n) is 2.36. The Kier molecular flexibility index (Phi) is 5.22. The van der Waals surface area contributed by atoms with Gasteiger partial charge in [0.2, 0.25) is 0 Å². The first-order valence-electron chi connectivity index (χ1n) is 6.43. The molecule has 1 saturated heterocycles. The molecule has 0 aromatic heterocycles. The Morgan fingerprint density at radius 1 is 1.22 bits per heavy atom. The lowest BCUT2D eigenvalue weighted by molar-refractivity contribution is 0.273. The van der Waals surface area contributed by atoms with Gasteiger partial charge < -0.3 is 4.90 Å². The topological polar surface area (TPSA) is 6.48 Å². The average molecular weight is 285 g/mol. The number of halogens is 1. The quantitative estimate of drug-likeness (QED) is 0.839. The summed E-state index contributed by atoms with van der Waals surface area (Å²) in [6.45, 7) is 7.90. The number of benzene rings is 1. The molecule has 4 heteroatoms. The van der Waals surface area contributed by atoms with Crippen LogP contribution in [0.5, 0.6) is 0 Å². The highest BCUT2D eigenvalue weighted by Crippen LogP contribution is 2.25. The third-order valence-corrected chi connectivity index (χ3v) is 4.32. The second-order valence-electron chi connectivity index (χ2n) is 4.75. The minimum atomic E-state index is 0.834. The zero-order valence-electron chi connectivity index (χ0n) is 11.2. The molecule has 2 rings (SSSR count). The lowest BCUT2D eigenvalue weighted by atomic mass is 10.1. The summed E-state index contributed by atoms with van der Waals surface area (Å²) in [5.41, 5.74) is 2.61. The molecule has 0 spiro atoms. The van der Waals surface area contributed by atoms with Gasteiger partial charge in [0.15, 0.2) is 0 Å². The molecule has 0 bridgehead atoms. The molecule has 0 N–H and O–H groups in total. The predicted molar refractivity (Wildman–Crippen MR) is 83.2 cm³/mol. The van der Waals surface area contributed by atoms with Crippen LogP contribution in [0.15, 0.2) is 18.2 Å². The summed E-state index contributed by atoms with van der Waals surface area (Å²) in [4.78, 5) is 5.00. The molecule has 18 heavy (non-hydrogen) atoms. The molecular weight excluding hydrogens is 264 g/mol. The molecule has 2 nitrogen and oxygen atoms in total. The molecule has 1 heterocycles. The highest BCUT2D eigenvalue weighted by atomic mass is 35.5. The van der Waals surface area contributed by atoms with Gasteiger partial charge in [-0.3, -0.25) is 4.90 Å². The highest BCUT2D eigenvalue weighted by Gasteiger charge is 2.17. The number of hydrogen-bond acceptors (Lipinski definition) is 3. The van der Waals surface area contributed by atoms with Gasteiger partial charge in [0.05, 0.1) is 0 Å². The Balaban J connectivity index is 1.94. The van der Waals surface area contributed by atoms with E-state index in [1.54, 1.807) is 0 Å². The lowest BCUT2D eigenvalue weighted by Gasteiger charge is -2.36. The highest BCUT2D eigenvalue weighted by molar-refractivity contribution is 7.98. The van der Waals surface area contributed by atoms with Crippen molar-refractivity contribution in [1.82, 2.24) is 4.90 Å². The maximum absolute atomic E-state index is 6.09. The molecule has 1 aliphatic heterocycles. The molecule has 1 aromatic carbocycles. The monoisotopic (exact) mass is 284 g/mol. The summed E-state index contributed by atoms with van der Waals surface area (Å²) >= 11 is 8.02. The van der Waals surface area contributed by atoms with Crippen LogP contribution in [-0.4, -0.2) is 49.6 Å². The SMILES string of the molecule is CSCCN1CCN(c2cc(Cl)ccc2C)CC1. The fourth-order valence-corrected chi connectivity index (χ4v) is 2.96. The number of piperazine rings is 1. The third-order valence-electron chi connectivity index (χ3n) is 3.50. The number of aryl methyl sites for hydroxylation is 1. The van der Waals surface area contributed by atoms with Crippen molar-refractivity contribution in [2.45, 2.75) is 6.92 Å². The van der Waals surface area contributed by atoms with Crippen LogP contribution in [0.25, 0.3) is 0 Å². The minimum absolute atomic E-state index is 0.834. The molecular formula is C14H21ClN2S. The third kappa shape index (κ3) is 3.56. The van der Waals surface area contributed by atoms with Gasteiger partial charge in [0.25, 0.3) is 0 Å². The zero-order chi connectivity index (χ0) is 13.0. The number of nitrogens with zero attached hydrogens (tertiary/aromatic N) is 2. The Labute approximate surface area is 119 Å². The van der Waals surface area contributed by atoms with E-state index < -0.39 is 0 Å². The van der Waals surface area contributed by atoms with Crippen LogP contribution in [0, 0.1) is 6.92 Å². The first kappa shape index (κ1) is 14.0. The van der Waals surface area contributed by atoms with Crippen molar-refractivity contribution in [3.05, 3.63) is 28.8 Å². The molecule has 100 valence electrons. The van der Waals surface area contributed by atoms with Crippen molar-refractivity contribution in [3.63, 3.8) is 0 Å². The number of thioether (sulfide) groups is 1. The Morgan fingerprint density at radius 3 is 2.61 bits per heavy atom. The standard InChI is InChI=1S/C14H21ClN2S/c1-12-3-4-13(15)11-14(12)17-7-5-16(6-8-17)9-10-18-2/h3-4,11H,5-10H2,1-2H3. The largest absolute Gasteiger partial charge is 0.369 e. The second-order valence-corrected chi connectivity index (χ2v) is 6.17. The van der Waals surface area contributed by atoms with E-state index in [1.807, 2.05) is 17.8 Å². The van der Waals surface area contributed by atoms with E-state index in [1.165, 1.54) is 23.5 Å². The fraction of sp³-hybridized carbons (Fsp3) is 0.571. The van der Waals surface area contributed by atoms with Crippen LogP contribution in [0.2, 0.25) is 5.02 Å². The van der Waals surface area contributed by atoms with Gasteiger partial charge in [0, 0.05) is 49.2 Å². The molecule has 0 saturated carbocycles. The van der Waals surface area contributed by atoms with E-state index in [2.05, 4.69) is 35.1 Å². The van der Waals surface area contributed by atoms with E-state index in [4.69, 9.17) is 11.6 Å². The maximum Gasteiger partial charge on any atom is 0.0426 e. The van der Waals surface area contributed by atoms with Crippen LogP contribution in [0.3, 0.4) is 0 Å². The van der Waals surface area contributed by atoms with E-state index >= 15 is 0 Å². The minimum Gasteiger partial charge on any atom is -0.369 e. The van der Waals surface area contributed by atoms with E-state index in [9.17, 15) is 0 Å². The van der Waals surface area contributed by atoms with Crippen molar-refractivity contribution in [2.75, 3.05) is 49.6 Å². The van der Waals surface area contributed by atoms with Crippen LogP contribution in [0.1, 0.15) is 5.56 Å². The van der Waals surface area contributed by atoms with E-state index in [-0.39, 0.29) is 0 Å². The Morgan fingerprint density at radius 2 is 1.94 bits per heavy atom. The second kappa shape index (κ2) is 6.69. The number of hydrogen-bond donors (Lipinski definition) is 0. The van der Waals surface area contributed by atoms with Gasteiger partial charge in [-0.25, -0.2) is 0 Å². The van der Waals surface area contributed by atoms with Crippen molar-refractivity contribution >= 4 is 29.1 Å². The van der Waals surface area contributed by atoms with Gasteiger partial charge in [0.1, 0.15) is 0 Å². The van der Waals surface area contributed by atoms with Crippen LogP contribution in [-0.2, 0) is 0 Å². The number of rotatable bonds is 4. The zero-order valence-corrected chi connectivity index (χ0v) is 12.7. The summed E-state index contributed by atoms with van der Waals surface area (Å²) in [6, 6.07) is 6.17. The van der Waals surface area contributed by atoms with Crippen LogP contribution >= 0.6 is 23.4 Å². The van der Waals surface area contributed by atoms with E-state index in [0.29, 0.717) is 0 Å². The Bertz CT molecular complexity index is 389. The van der Waals surface area contributed by atoms with Crippen molar-refractivity contribution in [2.24, 2.45) is 0 Å². The summed E-state index contributed by atoms with van der Waals surface area (Å²) in [5.74, 6) is 1.23. The van der Waals surface area contributed by atoms with Crippen molar-refractivity contribution in [1.29, 1.82) is 0 Å². The first-order valence-corrected chi connectivity index (χ1v) is 8.20. The molecule has 1 aromatic rings. The maximum atomic E-state index is 6.09. The van der Waals surface area contributed by atoms with E-state index in [0.717, 1.165) is 31.2 Å². The average Bonchev–Trinajstić information content (AvgIpc) is 2.40. The molecule has 1 aliphatic rings. The lowest BCUT2D eigenvalue weighted by Crippen LogP contribution is -2.47. The Hall–Kier alpha value is -0.380. The first-order chi connectivity index (χ1) is 8.70. The van der Waals surface area contributed by atoms with Gasteiger partial charge in [-0.2, -0.15) is 11.8 Å². The summed E-state index contributed by atoms with van der Waals surface area (Å²) < 4.78 is 0. The molecule has 1 fully saturated rings. The molecule has 0 atom stereocenters.